The maximum atomic E-state index is 11.6. The van der Waals surface area contributed by atoms with E-state index in [1.165, 1.54) is 31.2 Å². The monoisotopic (exact) mass is 421 g/mol. The van der Waals surface area contributed by atoms with Crippen LogP contribution in [0.4, 0.5) is 17.5 Å². The minimum Gasteiger partial charge on any atom is -0.392 e. The molecule has 10 nitrogen and oxygen atoms in total. The summed E-state index contributed by atoms with van der Waals surface area (Å²) in [6.45, 7) is 0.253. The molecule has 1 saturated carbocycles. The van der Waals surface area contributed by atoms with Gasteiger partial charge in [-0.25, -0.2) is 4.98 Å². The summed E-state index contributed by atoms with van der Waals surface area (Å²) < 4.78 is 27.5. The minimum absolute atomic E-state index is 0.0352. The summed E-state index contributed by atoms with van der Waals surface area (Å²) >= 11 is 0. The normalized spacial score (nSPS) is 13.7. The second-order valence-corrected chi connectivity index (χ2v) is 8.45. The van der Waals surface area contributed by atoms with E-state index in [1.807, 2.05) is 0 Å². The molecule has 156 valence electrons. The molecule has 0 bridgehead atoms. The summed E-state index contributed by atoms with van der Waals surface area (Å²) in [5.74, 6) is 0.687. The van der Waals surface area contributed by atoms with Crippen LogP contribution < -0.4 is 20.6 Å². The molecule has 1 aromatic carbocycles. The maximum Gasteiger partial charge on any atom is 0.306 e. The van der Waals surface area contributed by atoms with Gasteiger partial charge in [0.1, 0.15) is 11.6 Å². The Labute approximate surface area is 168 Å². The van der Waals surface area contributed by atoms with E-state index in [0.29, 0.717) is 18.1 Å². The molecule has 3 rings (SSSR count). The van der Waals surface area contributed by atoms with Crippen molar-refractivity contribution in [3.05, 3.63) is 35.5 Å². The Morgan fingerprint density at radius 3 is 2.76 bits per heavy atom. The van der Waals surface area contributed by atoms with E-state index in [2.05, 4.69) is 20.6 Å². The average molecular weight is 421 g/mol. The molecule has 11 heteroatoms. The first kappa shape index (κ1) is 20.8. The lowest BCUT2D eigenvalue weighted by atomic mass is 10.2. The van der Waals surface area contributed by atoms with Gasteiger partial charge in [0.15, 0.2) is 0 Å². The predicted molar refractivity (Wildman–Crippen MR) is 107 cm³/mol. The number of aliphatic hydroxyl groups is 1. The number of hydrogen-bond acceptors (Lipinski definition) is 9. The number of nitrogens with zero attached hydrogens (tertiary/aromatic N) is 2. The highest BCUT2D eigenvalue weighted by atomic mass is 32.2. The summed E-state index contributed by atoms with van der Waals surface area (Å²) in [4.78, 5) is 20.0. The number of benzene rings is 1. The first-order chi connectivity index (χ1) is 13.7. The number of nitrogens with one attached hydrogen (secondary N) is 2. The Bertz CT molecular complexity index is 1010. The standard InChI is InChI=1S/C18H23N5O5S/c1-29(26,27)28-15-5-4-13(8-12(15)10-24)22-18-21-9-14(16(19)25)17(23-18)20-7-6-11-2-3-11/h4-5,8-9,11,24H,2-3,6-7,10H2,1H3,(H2,19,25)(H2,20,21,22,23). The highest BCUT2D eigenvalue weighted by molar-refractivity contribution is 7.86. The molecule has 1 aromatic heterocycles. The van der Waals surface area contributed by atoms with Crippen molar-refractivity contribution in [1.29, 1.82) is 0 Å². The van der Waals surface area contributed by atoms with Crippen molar-refractivity contribution in [3.63, 3.8) is 0 Å². The predicted octanol–water partition coefficient (Wildman–Crippen LogP) is 1.36. The number of carbonyl (C=O) groups is 1. The van der Waals surface area contributed by atoms with Crippen LogP contribution in [0, 0.1) is 5.92 Å². The second-order valence-electron chi connectivity index (χ2n) is 6.87. The van der Waals surface area contributed by atoms with Crippen LogP contribution in [0.15, 0.2) is 24.4 Å². The Hall–Kier alpha value is -2.92. The summed E-state index contributed by atoms with van der Waals surface area (Å²) in [5.41, 5.74) is 6.37. The van der Waals surface area contributed by atoms with Crippen molar-refractivity contribution in [3.8, 4) is 5.75 Å². The quantitative estimate of drug-likeness (QED) is 0.416. The Kier molecular flexibility index (Phi) is 6.18. The molecule has 0 atom stereocenters. The third-order valence-electron chi connectivity index (χ3n) is 4.32. The minimum atomic E-state index is -3.72. The Morgan fingerprint density at radius 1 is 1.38 bits per heavy atom. The van der Waals surface area contributed by atoms with Gasteiger partial charge in [-0.1, -0.05) is 12.8 Å². The fraction of sp³-hybridized carbons (Fsp3) is 0.389. The van der Waals surface area contributed by atoms with Crippen molar-refractivity contribution >= 4 is 33.5 Å². The fourth-order valence-corrected chi connectivity index (χ4v) is 3.20. The molecule has 1 amide bonds. The van der Waals surface area contributed by atoms with E-state index in [0.717, 1.165) is 18.6 Å². The number of carbonyl (C=O) groups excluding carboxylic acids is 1. The smallest absolute Gasteiger partial charge is 0.306 e. The van der Waals surface area contributed by atoms with Gasteiger partial charge in [0.25, 0.3) is 5.91 Å². The van der Waals surface area contributed by atoms with Gasteiger partial charge in [0.05, 0.1) is 18.4 Å². The van der Waals surface area contributed by atoms with Gasteiger partial charge in [0.2, 0.25) is 5.95 Å². The second kappa shape index (κ2) is 8.62. The summed E-state index contributed by atoms with van der Waals surface area (Å²) in [6.07, 6.45) is 5.71. The Morgan fingerprint density at radius 2 is 2.14 bits per heavy atom. The van der Waals surface area contributed by atoms with Gasteiger partial charge in [-0.05, 0) is 30.5 Å². The topological polar surface area (TPSA) is 157 Å². The molecule has 1 heterocycles. The number of nitrogens with two attached hydrogens (primary N) is 1. The molecule has 0 spiro atoms. The zero-order valence-electron chi connectivity index (χ0n) is 15.9. The van der Waals surface area contributed by atoms with E-state index in [9.17, 15) is 18.3 Å². The van der Waals surface area contributed by atoms with E-state index in [-0.39, 0.29) is 22.8 Å². The summed E-state index contributed by atoms with van der Waals surface area (Å²) in [7, 11) is -3.72. The van der Waals surface area contributed by atoms with Crippen LogP contribution in [-0.2, 0) is 16.7 Å². The van der Waals surface area contributed by atoms with E-state index in [1.54, 1.807) is 6.07 Å². The number of amides is 1. The largest absolute Gasteiger partial charge is 0.392 e. The lowest BCUT2D eigenvalue weighted by Crippen LogP contribution is -2.17. The molecule has 1 aliphatic carbocycles. The number of rotatable bonds is 10. The molecule has 0 radical (unpaired) electrons. The molecular weight excluding hydrogens is 398 g/mol. The van der Waals surface area contributed by atoms with Gasteiger partial charge in [-0.15, -0.1) is 0 Å². The van der Waals surface area contributed by atoms with Crippen LogP contribution in [0.25, 0.3) is 0 Å². The zero-order valence-corrected chi connectivity index (χ0v) is 16.7. The van der Waals surface area contributed by atoms with Crippen molar-refractivity contribution in [1.82, 2.24) is 9.97 Å². The SMILES string of the molecule is CS(=O)(=O)Oc1ccc(Nc2ncc(C(N)=O)c(NCCC3CC3)n2)cc1CO. The lowest BCUT2D eigenvalue weighted by molar-refractivity contribution is 0.100. The lowest BCUT2D eigenvalue weighted by Gasteiger charge is -2.13. The maximum absolute atomic E-state index is 11.6. The first-order valence-electron chi connectivity index (χ1n) is 9.06. The van der Waals surface area contributed by atoms with Crippen molar-refractivity contribution < 1.29 is 22.5 Å². The van der Waals surface area contributed by atoms with E-state index >= 15 is 0 Å². The molecule has 2 aromatic rings. The van der Waals surface area contributed by atoms with Gasteiger partial charge < -0.3 is 25.7 Å². The van der Waals surface area contributed by atoms with E-state index < -0.39 is 22.6 Å². The number of anilines is 3. The highest BCUT2D eigenvalue weighted by Gasteiger charge is 2.21. The molecule has 1 fully saturated rings. The van der Waals surface area contributed by atoms with Gasteiger partial charge >= 0.3 is 10.1 Å². The van der Waals surface area contributed by atoms with Crippen LogP contribution in [0.3, 0.4) is 0 Å². The highest BCUT2D eigenvalue weighted by Crippen LogP contribution is 2.32. The van der Waals surface area contributed by atoms with E-state index in [4.69, 9.17) is 9.92 Å². The fourth-order valence-electron chi connectivity index (χ4n) is 2.71. The number of aromatic nitrogens is 2. The van der Waals surface area contributed by atoms with Crippen molar-refractivity contribution in [2.45, 2.75) is 25.9 Å². The summed E-state index contributed by atoms with van der Waals surface area (Å²) in [6, 6.07) is 4.50. The third-order valence-corrected chi connectivity index (χ3v) is 4.81. The van der Waals surface area contributed by atoms with Crippen LogP contribution in [0.5, 0.6) is 5.75 Å². The number of aliphatic hydroxyl groups excluding tert-OH is 1. The van der Waals surface area contributed by atoms with Crippen molar-refractivity contribution in [2.75, 3.05) is 23.4 Å². The molecular formula is C18H23N5O5S. The van der Waals surface area contributed by atoms with Gasteiger partial charge in [0, 0.05) is 24.0 Å². The van der Waals surface area contributed by atoms with Crippen molar-refractivity contribution in [2.24, 2.45) is 11.7 Å². The molecule has 29 heavy (non-hydrogen) atoms. The molecule has 0 unspecified atom stereocenters. The molecule has 5 N–H and O–H groups in total. The van der Waals surface area contributed by atoms with Crippen LogP contribution in [0.1, 0.15) is 35.2 Å². The number of hydrogen-bond donors (Lipinski definition) is 4. The van der Waals surface area contributed by atoms with Crippen LogP contribution in [0.2, 0.25) is 0 Å². The molecule has 0 aliphatic heterocycles. The third kappa shape index (κ3) is 6.03. The molecule has 1 aliphatic rings. The van der Waals surface area contributed by atoms with Gasteiger partial charge in [-0.3, -0.25) is 4.79 Å². The molecule has 0 saturated heterocycles. The number of primary amides is 1. The van der Waals surface area contributed by atoms with Crippen LogP contribution >= 0.6 is 0 Å². The zero-order chi connectivity index (χ0) is 21.0. The van der Waals surface area contributed by atoms with Crippen LogP contribution in [-0.4, -0.2) is 42.2 Å². The van der Waals surface area contributed by atoms with Gasteiger partial charge in [-0.2, -0.15) is 13.4 Å². The Balaban J connectivity index is 1.78. The summed E-state index contributed by atoms with van der Waals surface area (Å²) in [5, 5.41) is 15.6. The first-order valence-corrected chi connectivity index (χ1v) is 10.9. The average Bonchev–Trinajstić information content (AvgIpc) is 3.46.